The molecule has 2 nitrogen and oxygen atoms in total. The van der Waals surface area contributed by atoms with E-state index >= 15 is 0 Å². The monoisotopic (exact) mass is 262 g/mol. The van der Waals surface area contributed by atoms with E-state index in [4.69, 9.17) is 16.6 Å². The lowest BCUT2D eigenvalue weighted by Crippen LogP contribution is -2.11. The van der Waals surface area contributed by atoms with E-state index in [9.17, 15) is 0 Å². The molecule has 96 valence electrons. The Morgan fingerprint density at radius 1 is 1.33 bits per heavy atom. The zero-order chi connectivity index (χ0) is 12.9. The van der Waals surface area contributed by atoms with Gasteiger partial charge in [-0.25, -0.2) is 4.98 Å². The van der Waals surface area contributed by atoms with Crippen molar-refractivity contribution in [2.24, 2.45) is 5.92 Å². The Morgan fingerprint density at radius 3 is 2.67 bits per heavy atom. The summed E-state index contributed by atoms with van der Waals surface area (Å²) in [6.45, 7) is 6.42. The van der Waals surface area contributed by atoms with Crippen LogP contribution in [0.5, 0.6) is 0 Å². The fourth-order valence-corrected chi connectivity index (χ4v) is 2.93. The van der Waals surface area contributed by atoms with Gasteiger partial charge >= 0.3 is 0 Å². The smallest absolute Gasteiger partial charge is 0.127 e. The number of benzene rings is 1. The topological polar surface area (TPSA) is 17.8 Å². The Balaban J connectivity index is 2.24. The molecule has 1 saturated carbocycles. The SMILES string of the molecule is Cc1cccc2c1nc(C(C)Cl)n2C(C)C1CC1. The van der Waals surface area contributed by atoms with Crippen LogP contribution in [0.25, 0.3) is 11.0 Å². The number of rotatable bonds is 3. The number of fused-ring (bicyclic) bond motifs is 1. The predicted molar refractivity (Wildman–Crippen MR) is 76.2 cm³/mol. The molecule has 0 saturated heterocycles. The third-order valence-electron chi connectivity index (χ3n) is 4.02. The van der Waals surface area contributed by atoms with Gasteiger partial charge in [0, 0.05) is 6.04 Å². The first-order valence-corrected chi connectivity index (χ1v) is 7.14. The molecule has 3 heteroatoms. The molecular weight excluding hydrogens is 244 g/mol. The third-order valence-corrected chi connectivity index (χ3v) is 4.21. The number of nitrogens with zero attached hydrogens (tertiary/aromatic N) is 2. The summed E-state index contributed by atoms with van der Waals surface area (Å²) in [5, 5.41) is -0.0435. The summed E-state index contributed by atoms with van der Waals surface area (Å²) in [4.78, 5) is 4.77. The zero-order valence-corrected chi connectivity index (χ0v) is 11.9. The van der Waals surface area contributed by atoms with Crippen molar-refractivity contribution in [3.05, 3.63) is 29.6 Å². The van der Waals surface area contributed by atoms with Crippen LogP contribution in [0.4, 0.5) is 0 Å². The highest BCUT2D eigenvalue weighted by atomic mass is 35.5. The third kappa shape index (κ3) is 1.83. The van der Waals surface area contributed by atoms with Crippen molar-refractivity contribution in [1.29, 1.82) is 0 Å². The van der Waals surface area contributed by atoms with Crippen LogP contribution in [-0.2, 0) is 0 Å². The number of halogens is 1. The Bertz CT molecular complexity index is 581. The highest BCUT2D eigenvalue weighted by molar-refractivity contribution is 6.20. The van der Waals surface area contributed by atoms with Gasteiger partial charge in [-0.2, -0.15) is 0 Å². The molecule has 1 fully saturated rings. The number of aromatic nitrogens is 2. The van der Waals surface area contributed by atoms with Crippen LogP contribution < -0.4 is 0 Å². The summed E-state index contributed by atoms with van der Waals surface area (Å²) >= 11 is 6.32. The first-order valence-electron chi connectivity index (χ1n) is 6.71. The number of imidazole rings is 1. The highest BCUT2D eigenvalue weighted by Crippen LogP contribution is 2.42. The summed E-state index contributed by atoms with van der Waals surface area (Å²) in [7, 11) is 0. The van der Waals surface area contributed by atoms with Gasteiger partial charge in [-0.05, 0) is 51.2 Å². The minimum absolute atomic E-state index is 0.0435. The van der Waals surface area contributed by atoms with Crippen LogP contribution in [0.15, 0.2) is 18.2 Å². The summed E-state index contributed by atoms with van der Waals surface area (Å²) in [5.41, 5.74) is 3.57. The minimum Gasteiger partial charge on any atom is -0.324 e. The zero-order valence-electron chi connectivity index (χ0n) is 11.2. The van der Waals surface area contributed by atoms with E-state index in [-0.39, 0.29) is 5.38 Å². The van der Waals surface area contributed by atoms with Crippen molar-refractivity contribution in [2.45, 2.75) is 45.0 Å². The maximum Gasteiger partial charge on any atom is 0.127 e. The quantitative estimate of drug-likeness (QED) is 0.739. The van der Waals surface area contributed by atoms with Crippen molar-refractivity contribution >= 4 is 22.6 Å². The molecule has 1 aliphatic carbocycles. The Labute approximate surface area is 113 Å². The van der Waals surface area contributed by atoms with Crippen molar-refractivity contribution in [3.8, 4) is 0 Å². The van der Waals surface area contributed by atoms with Gasteiger partial charge in [-0.15, -0.1) is 11.6 Å². The van der Waals surface area contributed by atoms with Crippen LogP contribution in [-0.4, -0.2) is 9.55 Å². The van der Waals surface area contributed by atoms with Gasteiger partial charge in [0.2, 0.25) is 0 Å². The van der Waals surface area contributed by atoms with Crippen LogP contribution in [0, 0.1) is 12.8 Å². The van der Waals surface area contributed by atoms with Gasteiger partial charge in [0.1, 0.15) is 5.82 Å². The normalized spacial score (nSPS) is 19.1. The molecule has 0 radical (unpaired) electrons. The predicted octanol–water partition coefficient (Wildman–Crippen LogP) is 4.62. The van der Waals surface area contributed by atoms with Crippen LogP contribution in [0.1, 0.15) is 49.5 Å². The molecule has 2 aromatic rings. The van der Waals surface area contributed by atoms with Crippen LogP contribution >= 0.6 is 11.6 Å². The molecule has 0 spiro atoms. The maximum atomic E-state index is 6.32. The van der Waals surface area contributed by atoms with Gasteiger partial charge < -0.3 is 4.57 Å². The molecule has 0 bridgehead atoms. The van der Waals surface area contributed by atoms with E-state index in [1.54, 1.807) is 0 Å². The van der Waals surface area contributed by atoms with Crippen molar-refractivity contribution in [3.63, 3.8) is 0 Å². The number of aryl methyl sites for hydroxylation is 1. The van der Waals surface area contributed by atoms with E-state index in [0.717, 1.165) is 17.3 Å². The summed E-state index contributed by atoms with van der Waals surface area (Å²) in [5.74, 6) is 1.82. The van der Waals surface area contributed by atoms with Gasteiger partial charge in [0.15, 0.2) is 0 Å². The van der Waals surface area contributed by atoms with Crippen molar-refractivity contribution < 1.29 is 0 Å². The number of alkyl halides is 1. The molecule has 0 N–H and O–H groups in total. The van der Waals surface area contributed by atoms with Crippen LogP contribution in [0.2, 0.25) is 0 Å². The van der Waals surface area contributed by atoms with Gasteiger partial charge in [-0.1, -0.05) is 12.1 Å². The summed E-state index contributed by atoms with van der Waals surface area (Å²) in [6.07, 6.45) is 2.67. The molecule has 18 heavy (non-hydrogen) atoms. The molecule has 0 amide bonds. The van der Waals surface area contributed by atoms with Gasteiger partial charge in [0.25, 0.3) is 0 Å². The van der Waals surface area contributed by atoms with Crippen molar-refractivity contribution in [2.75, 3.05) is 0 Å². The standard InChI is InChI=1S/C15H19ClN2/c1-9-5-4-6-13-14(9)17-15(10(2)16)18(13)11(3)12-7-8-12/h4-6,10-12H,7-8H2,1-3H3. The van der Waals surface area contributed by atoms with E-state index in [1.807, 2.05) is 6.92 Å². The summed E-state index contributed by atoms with van der Waals surface area (Å²) in [6, 6.07) is 6.90. The lowest BCUT2D eigenvalue weighted by atomic mass is 10.1. The second kappa shape index (κ2) is 4.27. The lowest BCUT2D eigenvalue weighted by Gasteiger charge is -2.18. The van der Waals surface area contributed by atoms with Crippen LogP contribution in [0.3, 0.4) is 0 Å². The molecule has 1 aliphatic rings. The minimum atomic E-state index is -0.0435. The lowest BCUT2D eigenvalue weighted by molar-refractivity contribution is 0.480. The first kappa shape index (κ1) is 12.0. The van der Waals surface area contributed by atoms with Gasteiger partial charge in [-0.3, -0.25) is 0 Å². The number of para-hydroxylation sites is 1. The molecule has 3 rings (SSSR count). The largest absolute Gasteiger partial charge is 0.324 e. The average molecular weight is 263 g/mol. The Morgan fingerprint density at radius 2 is 2.06 bits per heavy atom. The second-order valence-electron chi connectivity index (χ2n) is 5.48. The molecule has 2 atom stereocenters. The summed E-state index contributed by atoms with van der Waals surface area (Å²) < 4.78 is 2.36. The number of hydrogen-bond donors (Lipinski definition) is 0. The molecular formula is C15H19ClN2. The number of hydrogen-bond acceptors (Lipinski definition) is 1. The average Bonchev–Trinajstić information content (AvgIpc) is 3.09. The molecule has 1 heterocycles. The Hall–Kier alpha value is -1.02. The van der Waals surface area contributed by atoms with E-state index < -0.39 is 0 Å². The highest BCUT2D eigenvalue weighted by Gasteiger charge is 2.32. The maximum absolute atomic E-state index is 6.32. The Kier molecular flexibility index (Phi) is 2.86. The molecule has 2 unspecified atom stereocenters. The fourth-order valence-electron chi connectivity index (χ4n) is 2.77. The first-order chi connectivity index (χ1) is 8.59. The molecule has 1 aromatic heterocycles. The van der Waals surface area contributed by atoms with E-state index in [2.05, 4.69) is 36.6 Å². The van der Waals surface area contributed by atoms with E-state index in [1.165, 1.54) is 23.9 Å². The van der Waals surface area contributed by atoms with Gasteiger partial charge in [0.05, 0.1) is 16.4 Å². The van der Waals surface area contributed by atoms with E-state index in [0.29, 0.717) is 6.04 Å². The molecule has 1 aromatic carbocycles. The second-order valence-corrected chi connectivity index (χ2v) is 6.13. The molecule has 0 aliphatic heterocycles. The fraction of sp³-hybridized carbons (Fsp3) is 0.533. The van der Waals surface area contributed by atoms with Crippen molar-refractivity contribution in [1.82, 2.24) is 9.55 Å².